The fraction of sp³-hybridized carbons (Fsp3) is 0.174. The molecule has 0 spiro atoms. The summed E-state index contributed by atoms with van der Waals surface area (Å²) >= 11 is 0. The number of benzene rings is 2. The third-order valence-corrected chi connectivity index (χ3v) is 4.37. The molecule has 0 fully saturated rings. The standard InChI is InChI=1S/C23H23N3O3/c1-16-20(13-14-21(24-16)17-7-5-4-6-8-17)23(28)25-18-9-11-19(12-10-18)29-15-22(27)26(2)3/h4-14H,15H2,1-3H3,(H,25,28). The summed E-state index contributed by atoms with van der Waals surface area (Å²) in [7, 11) is 3.35. The van der Waals surface area contributed by atoms with Gasteiger partial charge in [-0.05, 0) is 43.3 Å². The maximum Gasteiger partial charge on any atom is 0.259 e. The highest BCUT2D eigenvalue weighted by Gasteiger charge is 2.12. The molecule has 0 aliphatic heterocycles. The van der Waals surface area contributed by atoms with Gasteiger partial charge < -0.3 is 15.0 Å². The number of aryl methyl sites for hydroxylation is 1. The minimum Gasteiger partial charge on any atom is -0.484 e. The number of hydrogen-bond donors (Lipinski definition) is 1. The number of aromatic nitrogens is 1. The van der Waals surface area contributed by atoms with Gasteiger partial charge in [-0.15, -0.1) is 0 Å². The van der Waals surface area contributed by atoms with E-state index in [2.05, 4.69) is 10.3 Å². The van der Waals surface area contributed by atoms with Gasteiger partial charge in [0.1, 0.15) is 5.75 Å². The van der Waals surface area contributed by atoms with E-state index in [-0.39, 0.29) is 18.4 Å². The smallest absolute Gasteiger partial charge is 0.259 e. The molecule has 0 radical (unpaired) electrons. The van der Waals surface area contributed by atoms with Gasteiger partial charge in [0.2, 0.25) is 0 Å². The molecule has 148 valence electrons. The summed E-state index contributed by atoms with van der Waals surface area (Å²) in [5.74, 6) is 0.207. The summed E-state index contributed by atoms with van der Waals surface area (Å²) in [6, 6.07) is 20.3. The largest absolute Gasteiger partial charge is 0.484 e. The summed E-state index contributed by atoms with van der Waals surface area (Å²) in [6.07, 6.45) is 0. The molecule has 29 heavy (non-hydrogen) atoms. The lowest BCUT2D eigenvalue weighted by atomic mass is 10.1. The van der Waals surface area contributed by atoms with Crippen LogP contribution >= 0.6 is 0 Å². The van der Waals surface area contributed by atoms with E-state index in [0.29, 0.717) is 22.7 Å². The van der Waals surface area contributed by atoms with E-state index < -0.39 is 0 Å². The van der Waals surface area contributed by atoms with Crippen LogP contribution in [-0.2, 0) is 4.79 Å². The van der Waals surface area contributed by atoms with Gasteiger partial charge in [0.05, 0.1) is 17.0 Å². The molecule has 1 N–H and O–H groups in total. The second kappa shape index (κ2) is 9.01. The highest BCUT2D eigenvalue weighted by Crippen LogP contribution is 2.20. The molecular formula is C23H23N3O3. The number of nitrogens with one attached hydrogen (secondary N) is 1. The van der Waals surface area contributed by atoms with E-state index >= 15 is 0 Å². The predicted molar refractivity (Wildman–Crippen MR) is 113 cm³/mol. The molecule has 1 aromatic heterocycles. The van der Waals surface area contributed by atoms with E-state index in [0.717, 1.165) is 11.3 Å². The molecule has 0 bridgehead atoms. The van der Waals surface area contributed by atoms with Gasteiger partial charge in [0.15, 0.2) is 6.61 Å². The lowest BCUT2D eigenvalue weighted by Gasteiger charge is -2.12. The fourth-order valence-electron chi connectivity index (χ4n) is 2.68. The van der Waals surface area contributed by atoms with E-state index in [1.165, 1.54) is 4.90 Å². The van der Waals surface area contributed by atoms with E-state index in [9.17, 15) is 9.59 Å². The van der Waals surface area contributed by atoms with Crippen LogP contribution in [0.2, 0.25) is 0 Å². The van der Waals surface area contributed by atoms with Crippen molar-refractivity contribution >= 4 is 17.5 Å². The van der Waals surface area contributed by atoms with Crippen LogP contribution in [0.25, 0.3) is 11.3 Å². The third-order valence-electron chi connectivity index (χ3n) is 4.37. The Labute approximate surface area is 170 Å². The van der Waals surface area contributed by atoms with Gasteiger partial charge in [0, 0.05) is 25.3 Å². The zero-order chi connectivity index (χ0) is 20.8. The number of likely N-dealkylation sites (N-methyl/N-ethyl adjacent to an activating group) is 1. The van der Waals surface area contributed by atoms with Crippen LogP contribution in [0.4, 0.5) is 5.69 Å². The number of amides is 2. The minimum atomic E-state index is -0.230. The van der Waals surface area contributed by atoms with Crippen molar-refractivity contribution in [3.05, 3.63) is 78.0 Å². The molecule has 0 saturated heterocycles. The number of hydrogen-bond acceptors (Lipinski definition) is 4. The van der Waals surface area contributed by atoms with Crippen molar-refractivity contribution in [3.8, 4) is 17.0 Å². The van der Waals surface area contributed by atoms with Crippen molar-refractivity contribution in [2.45, 2.75) is 6.92 Å². The lowest BCUT2D eigenvalue weighted by molar-refractivity contribution is -0.130. The van der Waals surface area contributed by atoms with E-state index in [1.807, 2.05) is 43.3 Å². The molecule has 3 aromatic rings. The maximum atomic E-state index is 12.6. The van der Waals surface area contributed by atoms with Crippen molar-refractivity contribution in [3.63, 3.8) is 0 Å². The van der Waals surface area contributed by atoms with Crippen molar-refractivity contribution in [1.29, 1.82) is 0 Å². The fourth-order valence-corrected chi connectivity index (χ4v) is 2.68. The number of pyridine rings is 1. The Hall–Kier alpha value is -3.67. The highest BCUT2D eigenvalue weighted by atomic mass is 16.5. The molecule has 6 nitrogen and oxygen atoms in total. The number of carbonyl (C=O) groups excluding carboxylic acids is 2. The number of anilines is 1. The first-order valence-corrected chi connectivity index (χ1v) is 9.21. The molecule has 0 saturated carbocycles. The van der Waals surface area contributed by atoms with Crippen molar-refractivity contribution in [1.82, 2.24) is 9.88 Å². The Kier molecular flexibility index (Phi) is 6.24. The Morgan fingerprint density at radius 3 is 2.28 bits per heavy atom. The average molecular weight is 389 g/mol. The summed E-state index contributed by atoms with van der Waals surface area (Å²) in [5, 5.41) is 2.86. The van der Waals surface area contributed by atoms with Gasteiger partial charge in [-0.1, -0.05) is 30.3 Å². The molecule has 2 aromatic carbocycles. The molecule has 0 atom stereocenters. The number of carbonyl (C=O) groups is 2. The Balaban J connectivity index is 1.65. The second-order valence-corrected chi connectivity index (χ2v) is 6.75. The second-order valence-electron chi connectivity index (χ2n) is 6.75. The quantitative estimate of drug-likeness (QED) is 0.697. The van der Waals surface area contributed by atoms with Crippen molar-refractivity contribution in [2.75, 3.05) is 26.0 Å². The Morgan fingerprint density at radius 2 is 1.66 bits per heavy atom. The molecule has 0 unspecified atom stereocenters. The minimum absolute atomic E-state index is 0.0304. The Morgan fingerprint density at radius 1 is 0.966 bits per heavy atom. The first-order valence-electron chi connectivity index (χ1n) is 9.21. The van der Waals surface area contributed by atoms with Crippen LogP contribution in [0.1, 0.15) is 16.1 Å². The van der Waals surface area contributed by atoms with E-state index in [1.54, 1.807) is 44.4 Å². The first kappa shape index (κ1) is 20.1. The summed E-state index contributed by atoms with van der Waals surface area (Å²) < 4.78 is 5.43. The number of nitrogens with zero attached hydrogens (tertiary/aromatic N) is 2. The summed E-state index contributed by atoms with van der Waals surface area (Å²) in [4.78, 5) is 30.2. The molecule has 0 aliphatic carbocycles. The van der Waals surface area contributed by atoms with Crippen LogP contribution in [0.15, 0.2) is 66.7 Å². The molecule has 6 heteroatoms. The zero-order valence-corrected chi connectivity index (χ0v) is 16.7. The van der Waals surface area contributed by atoms with Crippen LogP contribution in [0.5, 0.6) is 5.75 Å². The SMILES string of the molecule is Cc1nc(-c2ccccc2)ccc1C(=O)Nc1ccc(OCC(=O)N(C)C)cc1. The third kappa shape index (κ3) is 5.19. The summed E-state index contributed by atoms with van der Waals surface area (Å²) in [6.45, 7) is 1.79. The monoisotopic (exact) mass is 389 g/mol. The predicted octanol–water partition coefficient (Wildman–Crippen LogP) is 3.78. The summed E-state index contributed by atoms with van der Waals surface area (Å²) in [5.41, 5.74) is 3.64. The van der Waals surface area contributed by atoms with Gasteiger partial charge >= 0.3 is 0 Å². The number of ether oxygens (including phenoxy) is 1. The molecule has 0 aliphatic rings. The van der Waals surface area contributed by atoms with Crippen LogP contribution < -0.4 is 10.1 Å². The van der Waals surface area contributed by atoms with Gasteiger partial charge in [-0.2, -0.15) is 0 Å². The normalized spacial score (nSPS) is 10.3. The van der Waals surface area contributed by atoms with E-state index in [4.69, 9.17) is 4.74 Å². The molecular weight excluding hydrogens is 366 g/mol. The molecule has 1 heterocycles. The molecule has 2 amide bonds. The average Bonchev–Trinajstić information content (AvgIpc) is 2.73. The topological polar surface area (TPSA) is 71.5 Å². The van der Waals surface area contributed by atoms with Crippen LogP contribution in [0, 0.1) is 6.92 Å². The first-order chi connectivity index (χ1) is 13.9. The van der Waals surface area contributed by atoms with Gasteiger partial charge in [-0.3, -0.25) is 14.6 Å². The van der Waals surface area contributed by atoms with Gasteiger partial charge in [0.25, 0.3) is 11.8 Å². The van der Waals surface area contributed by atoms with Crippen molar-refractivity contribution in [2.24, 2.45) is 0 Å². The van der Waals surface area contributed by atoms with Gasteiger partial charge in [-0.25, -0.2) is 0 Å². The number of rotatable bonds is 6. The zero-order valence-electron chi connectivity index (χ0n) is 16.7. The lowest BCUT2D eigenvalue weighted by Crippen LogP contribution is -2.27. The Bertz CT molecular complexity index is 1000. The molecule has 3 rings (SSSR count). The highest BCUT2D eigenvalue weighted by molar-refractivity contribution is 6.05. The van der Waals surface area contributed by atoms with Crippen LogP contribution in [-0.4, -0.2) is 42.4 Å². The maximum absolute atomic E-state index is 12.6. The van der Waals surface area contributed by atoms with Crippen molar-refractivity contribution < 1.29 is 14.3 Å². The van der Waals surface area contributed by atoms with Crippen LogP contribution in [0.3, 0.4) is 0 Å².